The lowest BCUT2D eigenvalue weighted by molar-refractivity contribution is -0.139. The van der Waals surface area contributed by atoms with E-state index in [9.17, 15) is 13.2 Å². The highest BCUT2D eigenvalue weighted by Crippen LogP contribution is 2.34. The Morgan fingerprint density at radius 2 is 1.73 bits per heavy atom. The van der Waals surface area contributed by atoms with Crippen molar-refractivity contribution in [1.29, 1.82) is 0 Å². The number of nitrogen functional groups attached to an aromatic ring is 2. The monoisotopic (exact) mass is 307 g/mol. The lowest BCUT2D eigenvalue weighted by atomic mass is 10.1. The second-order valence-electron chi connectivity index (χ2n) is 4.87. The molecule has 2 heterocycles. The maximum atomic E-state index is 12.7. The Kier molecular flexibility index (Phi) is 3.16. The molecule has 1 aromatic carbocycles. The third-order valence-electron chi connectivity index (χ3n) is 3.25. The van der Waals surface area contributed by atoms with E-state index in [4.69, 9.17) is 11.5 Å². The van der Waals surface area contributed by atoms with Crippen molar-refractivity contribution in [3.8, 4) is 11.1 Å². The Morgan fingerprint density at radius 1 is 1.05 bits per heavy atom. The molecular formula is C14H12F3N5. The van der Waals surface area contributed by atoms with Gasteiger partial charge >= 0.3 is 6.18 Å². The molecule has 0 fully saturated rings. The average Bonchev–Trinajstić information content (AvgIpc) is 2.78. The number of hydrogen-bond acceptors (Lipinski definition) is 4. The first kappa shape index (κ1) is 14.2. The molecule has 0 atom stereocenters. The first-order valence-electron chi connectivity index (χ1n) is 6.37. The predicted molar refractivity (Wildman–Crippen MR) is 77.8 cm³/mol. The van der Waals surface area contributed by atoms with Crippen molar-refractivity contribution < 1.29 is 13.2 Å². The van der Waals surface area contributed by atoms with Gasteiger partial charge in [0.2, 0.25) is 0 Å². The minimum atomic E-state index is -4.36. The summed E-state index contributed by atoms with van der Waals surface area (Å²) in [5.41, 5.74) is 13.4. The molecule has 3 aromatic rings. The van der Waals surface area contributed by atoms with Gasteiger partial charge in [0.15, 0.2) is 0 Å². The summed E-state index contributed by atoms with van der Waals surface area (Å²) in [6.07, 6.45) is -1.82. The van der Waals surface area contributed by atoms with Gasteiger partial charge in [0.1, 0.15) is 24.3 Å². The van der Waals surface area contributed by atoms with E-state index in [0.717, 1.165) is 10.9 Å². The summed E-state index contributed by atoms with van der Waals surface area (Å²) in [5, 5.41) is 0.400. The van der Waals surface area contributed by atoms with Gasteiger partial charge in [0.25, 0.3) is 0 Å². The van der Waals surface area contributed by atoms with Gasteiger partial charge in [-0.1, -0.05) is 12.1 Å². The van der Waals surface area contributed by atoms with Gasteiger partial charge < -0.3 is 16.0 Å². The number of halogens is 3. The van der Waals surface area contributed by atoms with E-state index in [-0.39, 0.29) is 11.5 Å². The predicted octanol–water partition coefficient (Wildman–Crippen LogP) is 2.83. The van der Waals surface area contributed by atoms with Crippen molar-refractivity contribution in [2.45, 2.75) is 12.7 Å². The summed E-state index contributed by atoms with van der Waals surface area (Å²) in [6, 6.07) is 6.77. The molecule has 3 rings (SSSR count). The normalized spacial score (nSPS) is 12.0. The van der Waals surface area contributed by atoms with Crippen molar-refractivity contribution >= 4 is 22.5 Å². The number of hydrogen-bond donors (Lipinski definition) is 2. The molecule has 0 amide bonds. The average molecular weight is 307 g/mol. The molecule has 2 aromatic heterocycles. The number of benzene rings is 1. The van der Waals surface area contributed by atoms with Crippen LogP contribution in [0.1, 0.15) is 0 Å². The quantitative estimate of drug-likeness (QED) is 0.713. The van der Waals surface area contributed by atoms with Gasteiger partial charge in [-0.3, -0.25) is 0 Å². The van der Waals surface area contributed by atoms with Crippen molar-refractivity contribution in [2.24, 2.45) is 0 Å². The van der Waals surface area contributed by atoms with Crippen LogP contribution < -0.4 is 11.5 Å². The molecule has 114 valence electrons. The molecule has 8 heteroatoms. The van der Waals surface area contributed by atoms with Crippen molar-refractivity contribution in [1.82, 2.24) is 14.5 Å². The molecule has 0 spiro atoms. The summed E-state index contributed by atoms with van der Waals surface area (Å²) in [7, 11) is 0. The molecule has 0 aliphatic carbocycles. The van der Waals surface area contributed by atoms with E-state index in [1.54, 1.807) is 24.3 Å². The standard InChI is InChI=1S/C14H12F3N5/c15-14(16,17)6-22-5-10(8-1-3-9(18)4-2-8)11-12(19)20-7-21-13(11)22/h1-5,7H,6,18H2,(H2,19,20,21). The lowest BCUT2D eigenvalue weighted by Crippen LogP contribution is -2.17. The van der Waals surface area contributed by atoms with Crippen LogP contribution in [0.2, 0.25) is 0 Å². The molecule has 0 unspecified atom stereocenters. The fourth-order valence-corrected chi connectivity index (χ4v) is 2.34. The molecule has 4 N–H and O–H groups in total. The summed E-state index contributed by atoms with van der Waals surface area (Å²) in [6.45, 7) is -1.14. The molecule has 0 aliphatic heterocycles. The van der Waals surface area contributed by atoms with Crippen LogP contribution in [0.15, 0.2) is 36.8 Å². The number of aromatic nitrogens is 3. The van der Waals surface area contributed by atoms with E-state index in [1.165, 1.54) is 6.20 Å². The lowest BCUT2D eigenvalue weighted by Gasteiger charge is -2.07. The van der Waals surface area contributed by atoms with E-state index in [1.807, 2.05) is 0 Å². The minimum absolute atomic E-state index is 0.137. The molecule has 5 nitrogen and oxygen atoms in total. The zero-order valence-electron chi connectivity index (χ0n) is 11.3. The van der Waals surface area contributed by atoms with Crippen LogP contribution in [0, 0.1) is 0 Å². The number of nitrogens with zero attached hydrogens (tertiary/aromatic N) is 3. The first-order valence-corrected chi connectivity index (χ1v) is 6.37. The molecule has 0 aliphatic rings. The van der Waals surface area contributed by atoms with E-state index in [0.29, 0.717) is 22.2 Å². The van der Waals surface area contributed by atoms with Crippen LogP contribution >= 0.6 is 0 Å². The molecule has 0 radical (unpaired) electrons. The summed E-state index contributed by atoms with van der Waals surface area (Å²) in [4.78, 5) is 7.81. The first-order chi connectivity index (χ1) is 10.3. The molecule has 22 heavy (non-hydrogen) atoms. The fraction of sp³-hybridized carbons (Fsp3) is 0.143. The van der Waals surface area contributed by atoms with Crippen LogP contribution in [0.5, 0.6) is 0 Å². The van der Waals surface area contributed by atoms with Crippen molar-refractivity contribution in [3.05, 3.63) is 36.8 Å². The van der Waals surface area contributed by atoms with Crippen LogP contribution in [0.25, 0.3) is 22.2 Å². The number of alkyl halides is 3. The minimum Gasteiger partial charge on any atom is -0.399 e. The van der Waals surface area contributed by atoms with Crippen LogP contribution in [0.4, 0.5) is 24.7 Å². The SMILES string of the molecule is Nc1ccc(-c2cn(CC(F)(F)F)c3ncnc(N)c23)cc1. The fourth-order valence-electron chi connectivity index (χ4n) is 2.34. The van der Waals surface area contributed by atoms with Crippen molar-refractivity contribution in [2.75, 3.05) is 11.5 Å². The van der Waals surface area contributed by atoms with E-state index in [2.05, 4.69) is 9.97 Å². The Morgan fingerprint density at radius 3 is 2.36 bits per heavy atom. The third kappa shape index (κ3) is 2.54. The molecule has 0 saturated heterocycles. The third-order valence-corrected chi connectivity index (χ3v) is 3.25. The van der Waals surface area contributed by atoms with E-state index >= 15 is 0 Å². The van der Waals surface area contributed by atoms with Gasteiger partial charge in [0.05, 0.1) is 5.39 Å². The smallest absolute Gasteiger partial charge is 0.399 e. The molecule has 0 bridgehead atoms. The maximum Gasteiger partial charge on any atom is 0.406 e. The van der Waals surface area contributed by atoms with Gasteiger partial charge in [-0.05, 0) is 17.7 Å². The highest BCUT2D eigenvalue weighted by Gasteiger charge is 2.29. The van der Waals surface area contributed by atoms with Crippen LogP contribution in [-0.2, 0) is 6.54 Å². The summed E-state index contributed by atoms with van der Waals surface area (Å²) in [5.74, 6) is 0.137. The number of rotatable bonds is 2. The number of fused-ring (bicyclic) bond motifs is 1. The highest BCUT2D eigenvalue weighted by molar-refractivity contribution is 6.00. The largest absolute Gasteiger partial charge is 0.406 e. The van der Waals surface area contributed by atoms with Crippen LogP contribution in [0.3, 0.4) is 0 Å². The topological polar surface area (TPSA) is 82.8 Å². The Hall–Kier alpha value is -2.77. The second-order valence-corrected chi connectivity index (χ2v) is 4.87. The number of anilines is 2. The summed E-state index contributed by atoms with van der Waals surface area (Å²) >= 11 is 0. The Labute approximate surface area is 123 Å². The molecule has 0 saturated carbocycles. The van der Waals surface area contributed by atoms with Gasteiger partial charge in [-0.25, -0.2) is 9.97 Å². The zero-order chi connectivity index (χ0) is 15.9. The Bertz CT molecular complexity index is 821. The van der Waals surface area contributed by atoms with Crippen molar-refractivity contribution in [3.63, 3.8) is 0 Å². The molecular weight excluding hydrogens is 295 g/mol. The number of nitrogens with two attached hydrogens (primary N) is 2. The maximum absolute atomic E-state index is 12.7. The van der Waals surface area contributed by atoms with E-state index < -0.39 is 12.7 Å². The highest BCUT2D eigenvalue weighted by atomic mass is 19.4. The Balaban J connectivity index is 2.24. The zero-order valence-corrected chi connectivity index (χ0v) is 11.3. The summed E-state index contributed by atoms with van der Waals surface area (Å²) < 4.78 is 39.2. The van der Waals surface area contributed by atoms with Gasteiger partial charge in [-0.2, -0.15) is 13.2 Å². The van der Waals surface area contributed by atoms with Gasteiger partial charge in [-0.15, -0.1) is 0 Å². The van der Waals surface area contributed by atoms with Gasteiger partial charge in [0, 0.05) is 17.4 Å². The van der Waals surface area contributed by atoms with Crippen LogP contribution in [-0.4, -0.2) is 20.7 Å². The second kappa shape index (κ2) is 4.90.